The molecule has 1 heterocycles. The first-order valence-corrected chi connectivity index (χ1v) is 6.45. The number of nitrogens with two attached hydrogens (primary N) is 1. The van der Waals surface area contributed by atoms with E-state index < -0.39 is 0 Å². The van der Waals surface area contributed by atoms with E-state index in [0.717, 1.165) is 38.3 Å². The van der Waals surface area contributed by atoms with Gasteiger partial charge in [0.05, 0.1) is 11.4 Å². The van der Waals surface area contributed by atoms with Crippen LogP contribution in [0.5, 0.6) is 0 Å². The van der Waals surface area contributed by atoms with Crippen LogP contribution in [0, 0.1) is 12.8 Å². The highest BCUT2D eigenvalue weighted by Crippen LogP contribution is 2.09. The largest absolute Gasteiger partial charge is 0.330 e. The molecule has 1 aromatic heterocycles. The quantitative estimate of drug-likeness (QED) is 0.784. The minimum atomic E-state index is 0.682. The van der Waals surface area contributed by atoms with Crippen molar-refractivity contribution in [2.45, 2.75) is 33.7 Å². The predicted octanol–water partition coefficient (Wildman–Crippen LogP) is 1.54. The molecule has 1 aromatic rings. The topological polar surface area (TPSA) is 47.1 Å². The van der Waals surface area contributed by atoms with Crippen LogP contribution >= 0.6 is 0 Å². The number of hydrogen-bond acceptors (Lipinski definition) is 3. The summed E-state index contributed by atoms with van der Waals surface area (Å²) in [5.74, 6) is 0.682. The highest BCUT2D eigenvalue weighted by Gasteiger charge is 2.10. The van der Waals surface area contributed by atoms with Crippen molar-refractivity contribution in [1.82, 2.24) is 14.7 Å². The third kappa shape index (κ3) is 4.88. The molecular weight excluding hydrogens is 212 g/mol. The normalized spacial score (nSPS) is 11.7. The van der Waals surface area contributed by atoms with Gasteiger partial charge in [-0.2, -0.15) is 5.10 Å². The highest BCUT2D eigenvalue weighted by atomic mass is 15.3. The summed E-state index contributed by atoms with van der Waals surface area (Å²) in [5, 5.41) is 4.39. The second kappa shape index (κ2) is 6.77. The van der Waals surface area contributed by atoms with Crippen molar-refractivity contribution in [2.75, 3.05) is 19.6 Å². The number of nitrogens with zero attached hydrogens (tertiary/aromatic N) is 3. The van der Waals surface area contributed by atoms with Crippen LogP contribution in [-0.4, -0.2) is 34.3 Å². The Bertz CT molecular complexity index is 330. The van der Waals surface area contributed by atoms with E-state index in [0.29, 0.717) is 5.92 Å². The van der Waals surface area contributed by atoms with Crippen LogP contribution in [0.4, 0.5) is 0 Å². The minimum Gasteiger partial charge on any atom is -0.330 e. The first kappa shape index (κ1) is 14.2. The van der Waals surface area contributed by atoms with Gasteiger partial charge in [0, 0.05) is 20.1 Å². The molecule has 0 fully saturated rings. The lowest BCUT2D eigenvalue weighted by atomic mass is 10.2. The monoisotopic (exact) mass is 238 g/mol. The Balaban J connectivity index is 2.61. The van der Waals surface area contributed by atoms with Gasteiger partial charge >= 0.3 is 0 Å². The van der Waals surface area contributed by atoms with E-state index in [1.54, 1.807) is 0 Å². The summed E-state index contributed by atoms with van der Waals surface area (Å²) in [6, 6.07) is 2.16. The van der Waals surface area contributed by atoms with Crippen LogP contribution < -0.4 is 5.73 Å². The predicted molar refractivity (Wildman–Crippen MR) is 71.7 cm³/mol. The van der Waals surface area contributed by atoms with Gasteiger partial charge in [-0.15, -0.1) is 0 Å². The zero-order valence-electron chi connectivity index (χ0n) is 11.6. The van der Waals surface area contributed by atoms with Gasteiger partial charge in [0.1, 0.15) is 0 Å². The molecule has 17 heavy (non-hydrogen) atoms. The summed E-state index contributed by atoms with van der Waals surface area (Å²) >= 11 is 0. The van der Waals surface area contributed by atoms with E-state index in [-0.39, 0.29) is 0 Å². The van der Waals surface area contributed by atoms with Crippen molar-refractivity contribution in [3.63, 3.8) is 0 Å². The lowest BCUT2D eigenvalue weighted by Gasteiger charge is -2.23. The summed E-state index contributed by atoms with van der Waals surface area (Å²) in [4.78, 5) is 2.47. The molecule has 0 aromatic carbocycles. The maximum Gasteiger partial charge on any atom is 0.0597 e. The van der Waals surface area contributed by atoms with Gasteiger partial charge in [0.25, 0.3) is 0 Å². The van der Waals surface area contributed by atoms with Crippen LogP contribution in [0.25, 0.3) is 0 Å². The van der Waals surface area contributed by atoms with Crippen LogP contribution in [-0.2, 0) is 13.6 Å². The molecule has 0 amide bonds. The summed E-state index contributed by atoms with van der Waals surface area (Å²) < 4.78 is 1.98. The van der Waals surface area contributed by atoms with Gasteiger partial charge in [-0.1, -0.05) is 13.8 Å². The molecule has 0 aliphatic heterocycles. The lowest BCUT2D eigenvalue weighted by molar-refractivity contribution is 0.229. The van der Waals surface area contributed by atoms with Crippen molar-refractivity contribution in [3.05, 3.63) is 17.5 Å². The lowest BCUT2D eigenvalue weighted by Crippen LogP contribution is -2.30. The molecule has 0 bridgehead atoms. The standard InChI is InChI=1S/C13H26N4/c1-11(2)9-17(7-5-6-14)10-13-8-12(3)15-16(13)4/h8,11H,5-7,9-10,14H2,1-4H3. The Morgan fingerprint density at radius 1 is 1.47 bits per heavy atom. The van der Waals surface area contributed by atoms with Gasteiger partial charge in [-0.25, -0.2) is 0 Å². The maximum atomic E-state index is 5.59. The summed E-state index contributed by atoms with van der Waals surface area (Å²) in [5.41, 5.74) is 7.96. The van der Waals surface area contributed by atoms with E-state index in [9.17, 15) is 0 Å². The second-order valence-electron chi connectivity index (χ2n) is 5.17. The van der Waals surface area contributed by atoms with Crippen molar-refractivity contribution in [2.24, 2.45) is 18.7 Å². The molecule has 0 spiro atoms. The van der Waals surface area contributed by atoms with Gasteiger partial charge in [-0.3, -0.25) is 9.58 Å². The fraction of sp³-hybridized carbons (Fsp3) is 0.769. The van der Waals surface area contributed by atoms with E-state index >= 15 is 0 Å². The van der Waals surface area contributed by atoms with E-state index in [1.165, 1.54) is 5.69 Å². The molecule has 0 saturated carbocycles. The third-order valence-electron chi connectivity index (χ3n) is 2.79. The maximum absolute atomic E-state index is 5.59. The highest BCUT2D eigenvalue weighted by molar-refractivity contribution is 5.08. The van der Waals surface area contributed by atoms with Crippen LogP contribution in [0.2, 0.25) is 0 Å². The average molecular weight is 238 g/mol. The Hall–Kier alpha value is -0.870. The Morgan fingerprint density at radius 2 is 2.18 bits per heavy atom. The molecule has 0 saturated heterocycles. The van der Waals surface area contributed by atoms with Crippen LogP contribution in [0.15, 0.2) is 6.07 Å². The van der Waals surface area contributed by atoms with Gasteiger partial charge < -0.3 is 5.73 Å². The Labute approximate surface area is 105 Å². The van der Waals surface area contributed by atoms with Crippen LogP contribution in [0.1, 0.15) is 31.7 Å². The molecule has 2 N–H and O–H groups in total. The number of aryl methyl sites for hydroxylation is 2. The molecule has 1 rings (SSSR count). The van der Waals surface area contributed by atoms with Gasteiger partial charge in [-0.05, 0) is 38.4 Å². The average Bonchev–Trinajstić information content (AvgIpc) is 2.53. The molecule has 98 valence electrons. The van der Waals surface area contributed by atoms with Crippen molar-refractivity contribution in [1.29, 1.82) is 0 Å². The van der Waals surface area contributed by atoms with E-state index in [2.05, 4.69) is 29.9 Å². The zero-order valence-corrected chi connectivity index (χ0v) is 11.6. The SMILES string of the molecule is Cc1cc(CN(CCCN)CC(C)C)n(C)n1. The second-order valence-corrected chi connectivity index (χ2v) is 5.17. The molecule has 0 radical (unpaired) electrons. The first-order valence-electron chi connectivity index (χ1n) is 6.45. The van der Waals surface area contributed by atoms with E-state index in [4.69, 9.17) is 5.73 Å². The Kier molecular flexibility index (Phi) is 5.65. The molecule has 4 nitrogen and oxygen atoms in total. The minimum absolute atomic E-state index is 0.682. The van der Waals surface area contributed by atoms with Crippen molar-refractivity contribution < 1.29 is 0 Å². The third-order valence-corrected chi connectivity index (χ3v) is 2.79. The van der Waals surface area contributed by atoms with Gasteiger partial charge in [0.2, 0.25) is 0 Å². The molecule has 0 aliphatic rings. The smallest absolute Gasteiger partial charge is 0.0597 e. The number of hydrogen-bond donors (Lipinski definition) is 1. The van der Waals surface area contributed by atoms with E-state index in [1.807, 2.05) is 18.7 Å². The van der Waals surface area contributed by atoms with Crippen molar-refractivity contribution >= 4 is 0 Å². The van der Waals surface area contributed by atoms with Gasteiger partial charge in [0.15, 0.2) is 0 Å². The molecule has 0 atom stereocenters. The summed E-state index contributed by atoms with van der Waals surface area (Å²) in [6.07, 6.45) is 1.06. The Morgan fingerprint density at radius 3 is 2.65 bits per heavy atom. The summed E-state index contributed by atoms with van der Waals surface area (Å²) in [6.45, 7) is 10.5. The molecule has 0 aliphatic carbocycles. The zero-order chi connectivity index (χ0) is 12.8. The number of rotatable bonds is 7. The first-order chi connectivity index (χ1) is 8.02. The fourth-order valence-electron chi connectivity index (χ4n) is 2.11. The molecule has 4 heteroatoms. The fourth-order valence-corrected chi connectivity index (χ4v) is 2.11. The van der Waals surface area contributed by atoms with Crippen molar-refractivity contribution in [3.8, 4) is 0 Å². The number of aromatic nitrogens is 2. The molecule has 0 unspecified atom stereocenters. The molecular formula is C13H26N4. The summed E-state index contributed by atoms with van der Waals surface area (Å²) in [7, 11) is 2.01. The van der Waals surface area contributed by atoms with Crippen LogP contribution in [0.3, 0.4) is 0 Å².